The standard InChI is InChI=1S/C12H10ClN5/c13-9-2-3-11-17-10(8-18(11)7-9)6-16-12-14-4-1-5-15-12/h1-5,7-8H,6H2,(H,14,15,16). The summed E-state index contributed by atoms with van der Waals surface area (Å²) in [5.41, 5.74) is 1.77. The summed E-state index contributed by atoms with van der Waals surface area (Å²) >= 11 is 5.92. The van der Waals surface area contributed by atoms with Gasteiger partial charge in [-0.2, -0.15) is 0 Å². The van der Waals surface area contributed by atoms with Gasteiger partial charge in [-0.05, 0) is 18.2 Å². The molecular weight excluding hydrogens is 250 g/mol. The summed E-state index contributed by atoms with van der Waals surface area (Å²) in [6.45, 7) is 0.573. The minimum atomic E-state index is 0.573. The van der Waals surface area contributed by atoms with Crippen LogP contribution in [0.5, 0.6) is 0 Å². The van der Waals surface area contributed by atoms with Gasteiger partial charge in [-0.25, -0.2) is 15.0 Å². The van der Waals surface area contributed by atoms with Crippen molar-refractivity contribution in [2.75, 3.05) is 5.32 Å². The molecule has 3 rings (SSSR count). The molecule has 0 aliphatic heterocycles. The minimum absolute atomic E-state index is 0.573. The second kappa shape index (κ2) is 4.62. The average molecular weight is 260 g/mol. The van der Waals surface area contributed by atoms with Crippen LogP contribution in [0.15, 0.2) is 43.0 Å². The molecule has 0 saturated carbocycles. The molecule has 0 atom stereocenters. The van der Waals surface area contributed by atoms with E-state index < -0.39 is 0 Å². The van der Waals surface area contributed by atoms with Crippen LogP contribution in [0, 0.1) is 0 Å². The van der Waals surface area contributed by atoms with E-state index in [4.69, 9.17) is 11.6 Å². The Hall–Kier alpha value is -2.14. The Morgan fingerprint density at radius 1 is 1.17 bits per heavy atom. The zero-order valence-electron chi connectivity index (χ0n) is 9.42. The smallest absolute Gasteiger partial charge is 0.222 e. The number of halogens is 1. The third kappa shape index (κ3) is 2.26. The molecule has 0 fully saturated rings. The monoisotopic (exact) mass is 259 g/mol. The molecule has 1 N–H and O–H groups in total. The molecule has 3 aromatic rings. The summed E-state index contributed by atoms with van der Waals surface area (Å²) < 4.78 is 1.89. The highest BCUT2D eigenvalue weighted by Crippen LogP contribution is 2.12. The SMILES string of the molecule is Clc1ccc2nc(CNc3ncccn3)cn2c1. The van der Waals surface area contributed by atoms with Crippen LogP contribution in [0.2, 0.25) is 5.02 Å². The van der Waals surface area contributed by atoms with Gasteiger partial charge in [0.2, 0.25) is 5.95 Å². The Morgan fingerprint density at radius 2 is 2.00 bits per heavy atom. The van der Waals surface area contributed by atoms with Crippen molar-refractivity contribution in [3.05, 3.63) is 53.7 Å². The van der Waals surface area contributed by atoms with Crippen LogP contribution < -0.4 is 5.32 Å². The van der Waals surface area contributed by atoms with E-state index in [1.165, 1.54) is 0 Å². The van der Waals surface area contributed by atoms with Gasteiger partial charge in [-0.1, -0.05) is 11.6 Å². The first kappa shape index (κ1) is 11.0. The van der Waals surface area contributed by atoms with Gasteiger partial charge in [0, 0.05) is 24.8 Å². The first-order chi connectivity index (χ1) is 8.81. The molecule has 18 heavy (non-hydrogen) atoms. The molecule has 0 spiro atoms. The molecule has 0 bridgehead atoms. The molecule has 0 aliphatic rings. The fraction of sp³-hybridized carbons (Fsp3) is 0.0833. The van der Waals surface area contributed by atoms with Gasteiger partial charge in [0.25, 0.3) is 0 Å². The van der Waals surface area contributed by atoms with Gasteiger partial charge in [-0.15, -0.1) is 0 Å². The van der Waals surface area contributed by atoms with Crippen molar-refractivity contribution in [3.8, 4) is 0 Å². The van der Waals surface area contributed by atoms with Crippen molar-refractivity contribution in [3.63, 3.8) is 0 Å². The van der Waals surface area contributed by atoms with Crippen LogP contribution in [0.25, 0.3) is 5.65 Å². The fourth-order valence-electron chi connectivity index (χ4n) is 1.66. The summed E-state index contributed by atoms with van der Waals surface area (Å²) in [6.07, 6.45) is 7.14. The predicted molar refractivity (Wildman–Crippen MR) is 69.6 cm³/mol. The number of aromatic nitrogens is 4. The molecule has 3 heterocycles. The van der Waals surface area contributed by atoms with Gasteiger partial charge in [0.1, 0.15) is 5.65 Å². The van der Waals surface area contributed by atoms with Crippen molar-refractivity contribution >= 4 is 23.2 Å². The molecular formula is C12H10ClN5. The van der Waals surface area contributed by atoms with Gasteiger partial charge >= 0.3 is 0 Å². The number of rotatable bonds is 3. The topological polar surface area (TPSA) is 55.1 Å². The Morgan fingerprint density at radius 3 is 2.83 bits per heavy atom. The van der Waals surface area contributed by atoms with E-state index in [-0.39, 0.29) is 0 Å². The van der Waals surface area contributed by atoms with Crippen molar-refractivity contribution in [2.45, 2.75) is 6.54 Å². The van der Waals surface area contributed by atoms with Crippen LogP contribution >= 0.6 is 11.6 Å². The summed E-state index contributed by atoms with van der Waals surface area (Å²) in [4.78, 5) is 12.6. The van der Waals surface area contributed by atoms with Crippen LogP contribution in [0.4, 0.5) is 5.95 Å². The Bertz CT molecular complexity index is 665. The maximum Gasteiger partial charge on any atom is 0.222 e. The first-order valence-corrected chi connectivity index (χ1v) is 5.83. The summed E-state index contributed by atoms with van der Waals surface area (Å²) in [5, 5.41) is 3.79. The molecule has 3 aromatic heterocycles. The lowest BCUT2D eigenvalue weighted by Crippen LogP contribution is -2.02. The Labute approximate surface area is 108 Å². The maximum absolute atomic E-state index is 5.92. The van der Waals surface area contributed by atoms with Gasteiger partial charge in [0.05, 0.1) is 17.3 Å². The van der Waals surface area contributed by atoms with E-state index in [1.807, 2.05) is 28.9 Å². The molecule has 5 nitrogen and oxygen atoms in total. The van der Waals surface area contributed by atoms with E-state index in [1.54, 1.807) is 18.5 Å². The second-order valence-corrected chi connectivity index (χ2v) is 4.21. The highest BCUT2D eigenvalue weighted by atomic mass is 35.5. The number of nitrogens with one attached hydrogen (secondary N) is 1. The Kier molecular flexibility index (Phi) is 2.82. The minimum Gasteiger partial charge on any atom is -0.349 e. The lowest BCUT2D eigenvalue weighted by Gasteiger charge is -1.99. The Balaban J connectivity index is 1.79. The number of hydrogen-bond acceptors (Lipinski definition) is 4. The quantitative estimate of drug-likeness (QED) is 0.785. The van der Waals surface area contributed by atoms with Gasteiger partial charge in [-0.3, -0.25) is 0 Å². The van der Waals surface area contributed by atoms with Crippen LogP contribution in [-0.2, 0) is 6.54 Å². The number of hydrogen-bond donors (Lipinski definition) is 1. The summed E-state index contributed by atoms with van der Waals surface area (Å²) in [5.74, 6) is 0.590. The van der Waals surface area contributed by atoms with E-state index in [0.717, 1.165) is 11.3 Å². The van der Waals surface area contributed by atoms with Gasteiger partial charge < -0.3 is 9.72 Å². The molecule has 6 heteroatoms. The van der Waals surface area contributed by atoms with Crippen LogP contribution in [0.1, 0.15) is 5.69 Å². The number of fused-ring (bicyclic) bond motifs is 1. The normalized spacial score (nSPS) is 10.7. The van der Waals surface area contributed by atoms with Gasteiger partial charge in [0.15, 0.2) is 0 Å². The summed E-state index contributed by atoms with van der Waals surface area (Å²) in [6, 6.07) is 5.48. The fourth-order valence-corrected chi connectivity index (χ4v) is 1.83. The molecule has 0 unspecified atom stereocenters. The van der Waals surface area contributed by atoms with Crippen molar-refractivity contribution < 1.29 is 0 Å². The zero-order valence-corrected chi connectivity index (χ0v) is 10.2. The van der Waals surface area contributed by atoms with E-state index >= 15 is 0 Å². The molecule has 0 aliphatic carbocycles. The largest absolute Gasteiger partial charge is 0.349 e. The number of imidazole rings is 1. The van der Waals surface area contributed by atoms with Crippen molar-refractivity contribution in [1.82, 2.24) is 19.4 Å². The lowest BCUT2D eigenvalue weighted by atomic mass is 10.5. The lowest BCUT2D eigenvalue weighted by molar-refractivity contribution is 1.02. The van der Waals surface area contributed by atoms with E-state index in [0.29, 0.717) is 17.5 Å². The molecule has 0 radical (unpaired) electrons. The van der Waals surface area contributed by atoms with Crippen LogP contribution in [-0.4, -0.2) is 19.4 Å². The first-order valence-electron chi connectivity index (χ1n) is 5.45. The highest BCUT2D eigenvalue weighted by molar-refractivity contribution is 6.30. The predicted octanol–water partition coefficient (Wildman–Crippen LogP) is 2.39. The van der Waals surface area contributed by atoms with Crippen molar-refractivity contribution in [1.29, 1.82) is 0 Å². The molecule has 0 aromatic carbocycles. The average Bonchev–Trinajstić information content (AvgIpc) is 2.79. The third-order valence-electron chi connectivity index (χ3n) is 2.46. The number of pyridine rings is 1. The zero-order chi connectivity index (χ0) is 12.4. The van der Waals surface area contributed by atoms with Crippen LogP contribution in [0.3, 0.4) is 0 Å². The molecule has 0 amide bonds. The summed E-state index contributed by atoms with van der Waals surface area (Å²) in [7, 11) is 0. The third-order valence-corrected chi connectivity index (χ3v) is 2.68. The van der Waals surface area contributed by atoms with E-state index in [9.17, 15) is 0 Å². The highest BCUT2D eigenvalue weighted by Gasteiger charge is 2.02. The van der Waals surface area contributed by atoms with E-state index in [2.05, 4.69) is 20.3 Å². The number of anilines is 1. The molecule has 90 valence electrons. The second-order valence-electron chi connectivity index (χ2n) is 3.77. The maximum atomic E-state index is 5.92. The number of nitrogens with zero attached hydrogens (tertiary/aromatic N) is 4. The van der Waals surface area contributed by atoms with Crippen molar-refractivity contribution in [2.24, 2.45) is 0 Å². The molecule has 0 saturated heterocycles.